The van der Waals surface area contributed by atoms with Gasteiger partial charge in [-0.1, -0.05) is 38.0 Å². The van der Waals surface area contributed by atoms with Crippen LogP contribution in [0, 0.1) is 0 Å². The second kappa shape index (κ2) is 6.62. The second-order valence-corrected chi connectivity index (χ2v) is 5.07. The average molecular weight is 261 g/mol. The van der Waals surface area contributed by atoms with Gasteiger partial charge in [0.2, 0.25) is 0 Å². The third kappa shape index (κ3) is 3.51. The molecule has 3 nitrogen and oxygen atoms in total. The van der Waals surface area contributed by atoms with Gasteiger partial charge >= 0.3 is 0 Å². The van der Waals surface area contributed by atoms with Gasteiger partial charge in [-0.25, -0.2) is 0 Å². The van der Waals surface area contributed by atoms with Crippen molar-refractivity contribution in [3.63, 3.8) is 0 Å². The third-order valence-electron chi connectivity index (χ3n) is 3.65. The first-order valence-corrected chi connectivity index (χ1v) is 7.01. The summed E-state index contributed by atoms with van der Waals surface area (Å²) in [5, 5.41) is 9.81. The molecule has 1 aromatic rings. The minimum Gasteiger partial charge on any atom is -0.504 e. The van der Waals surface area contributed by atoms with Crippen molar-refractivity contribution in [3.8, 4) is 11.5 Å². The normalized spacial score (nSPS) is 18.9. The molecule has 0 aliphatic carbocycles. The van der Waals surface area contributed by atoms with Crippen LogP contribution in [0.2, 0.25) is 0 Å². The number of nitrogens with zero attached hydrogens (tertiary/aromatic N) is 1. The van der Waals surface area contributed by atoms with Gasteiger partial charge in [0, 0.05) is 19.1 Å². The first-order chi connectivity index (χ1) is 9.24. The second-order valence-electron chi connectivity index (χ2n) is 5.07. The molecule has 0 spiro atoms. The Morgan fingerprint density at radius 2 is 2.26 bits per heavy atom. The van der Waals surface area contributed by atoms with E-state index in [1.807, 2.05) is 12.1 Å². The molecule has 1 heterocycles. The Labute approximate surface area is 115 Å². The van der Waals surface area contributed by atoms with Crippen molar-refractivity contribution in [3.05, 3.63) is 35.9 Å². The summed E-state index contributed by atoms with van der Waals surface area (Å²) in [5.41, 5.74) is 1.13. The van der Waals surface area contributed by atoms with Gasteiger partial charge in [0.25, 0.3) is 0 Å². The van der Waals surface area contributed by atoms with E-state index in [1.54, 1.807) is 13.2 Å². The zero-order valence-corrected chi connectivity index (χ0v) is 11.8. The van der Waals surface area contributed by atoms with Crippen molar-refractivity contribution in [2.45, 2.75) is 38.8 Å². The highest BCUT2D eigenvalue weighted by molar-refractivity contribution is 5.41. The molecule has 0 saturated heterocycles. The summed E-state index contributed by atoms with van der Waals surface area (Å²) < 4.78 is 5.07. The van der Waals surface area contributed by atoms with Crippen LogP contribution in [-0.2, 0) is 6.54 Å². The van der Waals surface area contributed by atoms with Crippen LogP contribution in [0.25, 0.3) is 0 Å². The molecule has 0 fully saturated rings. The van der Waals surface area contributed by atoms with E-state index in [2.05, 4.69) is 24.0 Å². The van der Waals surface area contributed by atoms with Crippen LogP contribution in [0.15, 0.2) is 30.4 Å². The molecule has 0 bridgehead atoms. The Hall–Kier alpha value is -1.48. The van der Waals surface area contributed by atoms with E-state index in [0.717, 1.165) is 18.7 Å². The maximum atomic E-state index is 9.81. The third-order valence-corrected chi connectivity index (χ3v) is 3.65. The predicted octanol–water partition coefficient (Wildman–Crippen LogP) is 3.33. The first kappa shape index (κ1) is 13.9. The number of hydrogen-bond acceptors (Lipinski definition) is 3. The summed E-state index contributed by atoms with van der Waals surface area (Å²) in [6.07, 6.45) is 8.26. The molecular formula is C16H23NO2. The average Bonchev–Trinajstić information content (AvgIpc) is 2.84. The largest absolute Gasteiger partial charge is 0.504 e. The van der Waals surface area contributed by atoms with E-state index < -0.39 is 0 Å². The van der Waals surface area contributed by atoms with Crippen LogP contribution in [0.4, 0.5) is 0 Å². The molecule has 0 amide bonds. The molecular weight excluding hydrogens is 238 g/mol. The van der Waals surface area contributed by atoms with Gasteiger partial charge in [-0.05, 0) is 24.1 Å². The fraction of sp³-hybridized carbons (Fsp3) is 0.500. The number of ether oxygens (including phenoxy) is 1. The van der Waals surface area contributed by atoms with Crippen molar-refractivity contribution in [2.24, 2.45) is 0 Å². The molecule has 1 aliphatic rings. The van der Waals surface area contributed by atoms with Crippen molar-refractivity contribution in [1.82, 2.24) is 4.90 Å². The van der Waals surface area contributed by atoms with E-state index in [-0.39, 0.29) is 5.75 Å². The number of phenols is 1. The highest BCUT2D eigenvalue weighted by Gasteiger charge is 2.19. The maximum Gasteiger partial charge on any atom is 0.160 e. The standard InChI is InChI=1S/C16H23NO2/c1-3-4-6-14-7-5-10-17(14)12-13-8-9-16(19-2)15(18)11-13/h5,7-9,11,14,18H,3-4,6,10,12H2,1-2H3. The Kier molecular flexibility index (Phi) is 4.86. The van der Waals surface area contributed by atoms with Crippen LogP contribution in [0.3, 0.4) is 0 Å². The van der Waals surface area contributed by atoms with Gasteiger partial charge in [-0.3, -0.25) is 4.90 Å². The van der Waals surface area contributed by atoms with Crippen LogP contribution < -0.4 is 4.74 Å². The van der Waals surface area contributed by atoms with Crippen LogP contribution in [0.5, 0.6) is 11.5 Å². The maximum absolute atomic E-state index is 9.81. The van der Waals surface area contributed by atoms with E-state index in [0.29, 0.717) is 11.8 Å². The molecule has 0 saturated carbocycles. The minimum atomic E-state index is 0.220. The zero-order chi connectivity index (χ0) is 13.7. The molecule has 0 radical (unpaired) electrons. The monoisotopic (exact) mass is 261 g/mol. The van der Waals surface area contributed by atoms with Gasteiger partial charge in [0.05, 0.1) is 7.11 Å². The molecule has 19 heavy (non-hydrogen) atoms. The SMILES string of the molecule is CCCCC1C=CCN1Cc1ccc(OC)c(O)c1. The summed E-state index contributed by atoms with van der Waals surface area (Å²) in [7, 11) is 1.57. The van der Waals surface area contributed by atoms with Crippen molar-refractivity contribution < 1.29 is 9.84 Å². The lowest BCUT2D eigenvalue weighted by molar-refractivity contribution is 0.249. The lowest BCUT2D eigenvalue weighted by Gasteiger charge is -2.24. The van der Waals surface area contributed by atoms with E-state index >= 15 is 0 Å². The number of methoxy groups -OCH3 is 1. The van der Waals surface area contributed by atoms with Gasteiger partial charge in [-0.15, -0.1) is 0 Å². The van der Waals surface area contributed by atoms with Crippen molar-refractivity contribution in [1.29, 1.82) is 0 Å². The van der Waals surface area contributed by atoms with Gasteiger partial charge in [0.15, 0.2) is 11.5 Å². The number of benzene rings is 1. The quantitative estimate of drug-likeness (QED) is 0.797. The van der Waals surface area contributed by atoms with Crippen molar-refractivity contribution >= 4 is 0 Å². The molecule has 1 aromatic carbocycles. The van der Waals surface area contributed by atoms with Crippen LogP contribution in [0.1, 0.15) is 31.7 Å². The highest BCUT2D eigenvalue weighted by atomic mass is 16.5. The summed E-state index contributed by atoms with van der Waals surface area (Å²) in [5.74, 6) is 0.753. The highest BCUT2D eigenvalue weighted by Crippen LogP contribution is 2.28. The summed E-state index contributed by atoms with van der Waals surface area (Å²) in [6, 6.07) is 6.20. The number of rotatable bonds is 6. The fourth-order valence-electron chi connectivity index (χ4n) is 2.55. The molecule has 1 N–H and O–H groups in total. The minimum absolute atomic E-state index is 0.220. The molecule has 3 heteroatoms. The fourth-order valence-corrected chi connectivity index (χ4v) is 2.55. The lowest BCUT2D eigenvalue weighted by Crippen LogP contribution is -2.29. The Bertz CT molecular complexity index is 442. The lowest BCUT2D eigenvalue weighted by atomic mass is 10.1. The molecule has 0 aromatic heterocycles. The molecule has 1 atom stereocenters. The topological polar surface area (TPSA) is 32.7 Å². The molecule has 1 unspecified atom stereocenters. The van der Waals surface area contributed by atoms with E-state index in [4.69, 9.17) is 4.74 Å². The predicted molar refractivity (Wildman–Crippen MR) is 77.5 cm³/mol. The van der Waals surface area contributed by atoms with Crippen LogP contribution in [-0.4, -0.2) is 29.7 Å². The summed E-state index contributed by atoms with van der Waals surface area (Å²) in [4.78, 5) is 2.44. The Morgan fingerprint density at radius 1 is 1.42 bits per heavy atom. The molecule has 104 valence electrons. The number of aromatic hydroxyl groups is 1. The van der Waals surface area contributed by atoms with Gasteiger partial charge < -0.3 is 9.84 Å². The zero-order valence-electron chi connectivity index (χ0n) is 11.8. The Morgan fingerprint density at radius 3 is 2.95 bits per heavy atom. The summed E-state index contributed by atoms with van der Waals surface area (Å²) in [6.45, 7) is 4.10. The number of hydrogen-bond donors (Lipinski definition) is 1. The van der Waals surface area contributed by atoms with Crippen LogP contribution >= 0.6 is 0 Å². The van der Waals surface area contributed by atoms with Gasteiger partial charge in [0.1, 0.15) is 0 Å². The smallest absolute Gasteiger partial charge is 0.160 e. The van der Waals surface area contributed by atoms with E-state index in [1.165, 1.54) is 19.3 Å². The van der Waals surface area contributed by atoms with Gasteiger partial charge in [-0.2, -0.15) is 0 Å². The number of phenolic OH excluding ortho intramolecular Hbond substituents is 1. The summed E-state index contributed by atoms with van der Waals surface area (Å²) >= 11 is 0. The number of unbranched alkanes of at least 4 members (excludes halogenated alkanes) is 1. The van der Waals surface area contributed by atoms with E-state index in [9.17, 15) is 5.11 Å². The molecule has 1 aliphatic heterocycles. The molecule has 2 rings (SSSR count). The first-order valence-electron chi connectivity index (χ1n) is 7.01. The van der Waals surface area contributed by atoms with Crippen molar-refractivity contribution in [2.75, 3.05) is 13.7 Å². The Balaban J connectivity index is 1.98.